The summed E-state index contributed by atoms with van der Waals surface area (Å²) in [5.74, 6) is 0. The van der Waals surface area contributed by atoms with Crippen LogP contribution in [0.5, 0.6) is 6.01 Å². The van der Waals surface area contributed by atoms with Crippen molar-refractivity contribution in [1.82, 2.24) is 9.97 Å². The van der Waals surface area contributed by atoms with E-state index in [1.807, 2.05) is 30.3 Å². The summed E-state index contributed by atoms with van der Waals surface area (Å²) in [5, 5.41) is 0. The first-order valence-electron chi connectivity index (χ1n) is 4.50. The number of hydrogen-bond acceptors (Lipinski definition) is 3. The molecule has 0 amide bonds. The minimum Gasteiger partial charge on any atom is -0.459 e. The van der Waals surface area contributed by atoms with Crippen molar-refractivity contribution in [3.63, 3.8) is 0 Å². The van der Waals surface area contributed by atoms with E-state index in [2.05, 4.69) is 25.9 Å². The van der Waals surface area contributed by atoms with Crippen molar-refractivity contribution in [1.29, 1.82) is 0 Å². The molecule has 3 nitrogen and oxygen atoms in total. The summed E-state index contributed by atoms with van der Waals surface area (Å²) in [6.07, 6.45) is 1.65. The third-order valence-electron chi connectivity index (χ3n) is 1.81. The number of nitrogens with zero attached hydrogens (tertiary/aromatic N) is 2. The minimum atomic E-state index is 0.383. The maximum absolute atomic E-state index is 5.42. The van der Waals surface area contributed by atoms with Gasteiger partial charge in [0, 0.05) is 6.20 Å². The Bertz CT molecular complexity index is 434. The molecular weight excluding hydrogens is 256 g/mol. The van der Waals surface area contributed by atoms with Crippen LogP contribution in [0.25, 0.3) is 0 Å². The van der Waals surface area contributed by atoms with Crippen LogP contribution in [0, 0.1) is 0 Å². The van der Waals surface area contributed by atoms with Crippen LogP contribution >= 0.6 is 15.9 Å². The van der Waals surface area contributed by atoms with E-state index in [1.165, 1.54) is 0 Å². The van der Waals surface area contributed by atoms with E-state index in [-0.39, 0.29) is 0 Å². The van der Waals surface area contributed by atoms with Crippen molar-refractivity contribution in [2.45, 2.75) is 6.61 Å². The monoisotopic (exact) mass is 264 g/mol. The smallest absolute Gasteiger partial charge is 0.317 e. The molecule has 1 aromatic carbocycles. The first-order valence-corrected chi connectivity index (χ1v) is 5.29. The van der Waals surface area contributed by atoms with Gasteiger partial charge in [-0.3, -0.25) is 0 Å². The molecule has 0 saturated heterocycles. The van der Waals surface area contributed by atoms with Crippen molar-refractivity contribution < 1.29 is 4.74 Å². The van der Waals surface area contributed by atoms with Gasteiger partial charge >= 0.3 is 6.01 Å². The summed E-state index contributed by atoms with van der Waals surface area (Å²) in [7, 11) is 0. The predicted octanol–water partition coefficient (Wildman–Crippen LogP) is 2.82. The van der Waals surface area contributed by atoms with Gasteiger partial charge in [0.15, 0.2) is 0 Å². The highest BCUT2D eigenvalue weighted by Crippen LogP contribution is 2.10. The molecule has 4 heteroatoms. The molecule has 0 saturated carbocycles. The maximum Gasteiger partial charge on any atom is 0.317 e. The van der Waals surface area contributed by atoms with Crippen molar-refractivity contribution in [2.24, 2.45) is 0 Å². The molecule has 0 N–H and O–H groups in total. The summed E-state index contributed by atoms with van der Waals surface area (Å²) in [4.78, 5) is 8.06. The Balaban J connectivity index is 1.99. The largest absolute Gasteiger partial charge is 0.459 e. The lowest BCUT2D eigenvalue weighted by Gasteiger charge is -2.03. The third kappa shape index (κ3) is 3.02. The van der Waals surface area contributed by atoms with Crippen LogP contribution in [0.15, 0.2) is 47.2 Å². The normalized spacial score (nSPS) is 9.93. The first kappa shape index (κ1) is 10.1. The molecule has 0 unspecified atom stereocenters. The molecule has 0 radical (unpaired) electrons. The Kier molecular flexibility index (Phi) is 3.29. The summed E-state index contributed by atoms with van der Waals surface area (Å²) < 4.78 is 6.14. The second-order valence-electron chi connectivity index (χ2n) is 2.94. The fraction of sp³-hybridized carbons (Fsp3) is 0.0909. The zero-order chi connectivity index (χ0) is 10.5. The van der Waals surface area contributed by atoms with Crippen molar-refractivity contribution in [3.05, 3.63) is 52.8 Å². The van der Waals surface area contributed by atoms with Crippen molar-refractivity contribution in [2.75, 3.05) is 0 Å². The fourth-order valence-electron chi connectivity index (χ4n) is 1.11. The van der Waals surface area contributed by atoms with Crippen LogP contribution in [0.1, 0.15) is 5.56 Å². The molecular formula is C11H9BrN2O. The van der Waals surface area contributed by atoms with Crippen molar-refractivity contribution in [3.8, 4) is 6.01 Å². The van der Waals surface area contributed by atoms with Gasteiger partial charge in [-0.05, 0) is 27.6 Å². The Hall–Kier alpha value is -1.42. The molecule has 0 spiro atoms. The molecule has 2 rings (SSSR count). The van der Waals surface area contributed by atoms with Crippen LogP contribution in [0.3, 0.4) is 0 Å². The molecule has 0 aliphatic carbocycles. The number of halogens is 1. The fourth-order valence-corrected chi connectivity index (χ4v) is 1.38. The number of rotatable bonds is 3. The Morgan fingerprint density at radius 1 is 1.13 bits per heavy atom. The predicted molar refractivity (Wildman–Crippen MR) is 60.5 cm³/mol. The lowest BCUT2D eigenvalue weighted by molar-refractivity contribution is 0.280. The van der Waals surface area contributed by atoms with Gasteiger partial charge < -0.3 is 4.74 Å². The average molecular weight is 265 g/mol. The number of hydrogen-bond donors (Lipinski definition) is 0. The van der Waals surface area contributed by atoms with Crippen molar-refractivity contribution >= 4 is 15.9 Å². The molecule has 0 atom stereocenters. The average Bonchev–Trinajstić information content (AvgIpc) is 2.28. The molecule has 0 aliphatic rings. The SMILES string of the molecule is Brc1ccnc(OCc2ccccc2)n1. The molecule has 0 aliphatic heterocycles. The van der Waals surface area contributed by atoms with Crippen LogP contribution in [0.4, 0.5) is 0 Å². The summed E-state index contributed by atoms with van der Waals surface area (Å²) in [6.45, 7) is 0.483. The van der Waals surface area contributed by atoms with Gasteiger partial charge in [-0.25, -0.2) is 4.98 Å². The highest BCUT2D eigenvalue weighted by atomic mass is 79.9. The highest BCUT2D eigenvalue weighted by Gasteiger charge is 1.98. The molecule has 1 heterocycles. The number of aromatic nitrogens is 2. The molecule has 76 valence electrons. The van der Waals surface area contributed by atoms with E-state index in [4.69, 9.17) is 4.74 Å². The molecule has 0 bridgehead atoms. The van der Waals surface area contributed by atoms with Gasteiger partial charge in [0.05, 0.1) is 0 Å². The molecule has 0 fully saturated rings. The zero-order valence-corrected chi connectivity index (χ0v) is 9.52. The molecule has 15 heavy (non-hydrogen) atoms. The van der Waals surface area contributed by atoms with E-state index in [9.17, 15) is 0 Å². The van der Waals surface area contributed by atoms with Crippen LogP contribution in [-0.4, -0.2) is 9.97 Å². The minimum absolute atomic E-state index is 0.383. The first-order chi connectivity index (χ1) is 7.34. The Labute approximate surface area is 96.3 Å². The van der Waals surface area contributed by atoms with Gasteiger partial charge in [0.1, 0.15) is 11.2 Å². The van der Waals surface area contributed by atoms with E-state index in [0.717, 1.165) is 10.2 Å². The van der Waals surface area contributed by atoms with Crippen LogP contribution in [-0.2, 0) is 6.61 Å². The van der Waals surface area contributed by atoms with E-state index in [0.29, 0.717) is 12.6 Å². The van der Waals surface area contributed by atoms with Crippen LogP contribution < -0.4 is 4.74 Å². The van der Waals surface area contributed by atoms with Gasteiger partial charge in [-0.1, -0.05) is 30.3 Å². The maximum atomic E-state index is 5.42. The lowest BCUT2D eigenvalue weighted by atomic mass is 10.2. The quantitative estimate of drug-likeness (QED) is 0.800. The van der Waals surface area contributed by atoms with Gasteiger partial charge in [-0.15, -0.1) is 0 Å². The molecule has 1 aromatic heterocycles. The molecule has 2 aromatic rings. The number of benzene rings is 1. The zero-order valence-electron chi connectivity index (χ0n) is 7.93. The second kappa shape index (κ2) is 4.89. The van der Waals surface area contributed by atoms with Gasteiger partial charge in [0.2, 0.25) is 0 Å². The van der Waals surface area contributed by atoms with Crippen LogP contribution in [0.2, 0.25) is 0 Å². The highest BCUT2D eigenvalue weighted by molar-refractivity contribution is 9.10. The second-order valence-corrected chi connectivity index (χ2v) is 3.75. The Morgan fingerprint density at radius 3 is 2.67 bits per heavy atom. The number of ether oxygens (including phenoxy) is 1. The van der Waals surface area contributed by atoms with E-state index >= 15 is 0 Å². The summed E-state index contributed by atoms with van der Waals surface area (Å²) >= 11 is 3.26. The summed E-state index contributed by atoms with van der Waals surface area (Å²) in [5.41, 5.74) is 1.10. The summed E-state index contributed by atoms with van der Waals surface area (Å²) in [6, 6.07) is 12.1. The lowest BCUT2D eigenvalue weighted by Crippen LogP contribution is -1.98. The van der Waals surface area contributed by atoms with Gasteiger partial charge in [0.25, 0.3) is 0 Å². The van der Waals surface area contributed by atoms with E-state index < -0.39 is 0 Å². The van der Waals surface area contributed by atoms with Gasteiger partial charge in [-0.2, -0.15) is 4.98 Å². The standard InChI is InChI=1S/C11H9BrN2O/c12-10-6-7-13-11(14-10)15-8-9-4-2-1-3-5-9/h1-7H,8H2. The third-order valence-corrected chi connectivity index (χ3v) is 2.25. The Morgan fingerprint density at radius 2 is 1.93 bits per heavy atom. The topological polar surface area (TPSA) is 35.0 Å². The van der Waals surface area contributed by atoms with E-state index in [1.54, 1.807) is 12.3 Å².